The van der Waals surface area contributed by atoms with E-state index in [9.17, 15) is 0 Å². The Kier molecular flexibility index (Phi) is 8.20. The molecule has 0 bridgehead atoms. The quantitative estimate of drug-likeness (QED) is 0.168. The van der Waals surface area contributed by atoms with Crippen molar-refractivity contribution in [3.05, 3.63) is 212 Å². The van der Waals surface area contributed by atoms with Crippen molar-refractivity contribution in [2.45, 2.75) is 0 Å². The van der Waals surface area contributed by atoms with E-state index in [1.165, 1.54) is 0 Å². The second-order valence-corrected chi connectivity index (χ2v) is 17.1. The number of thiophene rings is 1. The van der Waals surface area contributed by atoms with Gasteiger partial charge in [0.25, 0.3) is 0 Å². The number of nitrogens with zero attached hydrogens (tertiary/aromatic N) is 5. The maximum Gasteiger partial charge on any atom is 0.166 e. The molecule has 13 rings (SSSR count). The number of hydrogen-bond donors (Lipinski definition) is 0. The van der Waals surface area contributed by atoms with Crippen LogP contribution in [0.2, 0.25) is 0 Å². The third-order valence-electron chi connectivity index (χ3n) is 12.4. The van der Waals surface area contributed by atoms with Gasteiger partial charge in [0.15, 0.2) is 17.5 Å². The Labute approximate surface area is 370 Å². The number of para-hydroxylation sites is 4. The van der Waals surface area contributed by atoms with E-state index in [2.05, 4.69) is 130 Å². The van der Waals surface area contributed by atoms with Gasteiger partial charge in [0.05, 0.1) is 43.7 Å². The Morgan fingerprint density at radius 3 is 1.25 bits per heavy atom. The zero-order chi connectivity index (χ0) is 42.3. The molecule has 0 radical (unpaired) electrons. The van der Waals surface area contributed by atoms with Gasteiger partial charge in [-0.3, -0.25) is 0 Å². The van der Waals surface area contributed by atoms with Crippen molar-refractivity contribution in [3.63, 3.8) is 0 Å². The van der Waals surface area contributed by atoms with Crippen molar-refractivity contribution in [1.29, 1.82) is 0 Å². The van der Waals surface area contributed by atoms with Crippen LogP contribution in [0, 0.1) is 5.82 Å². The van der Waals surface area contributed by atoms with Crippen LogP contribution in [0.25, 0.3) is 120 Å². The van der Waals surface area contributed by atoms with Crippen molar-refractivity contribution < 1.29 is 4.39 Å². The molecule has 64 heavy (non-hydrogen) atoms. The standard InChI is InChI=1S/C57H34FN5S/c58-38-32-33-48-43(34-38)50-49(35-18-4-1-5-19-35)51(57-60-55(36-20-6-2-7-21-36)59-56(61-57)37-22-8-3-9-23-37)52(62-44-28-14-10-24-39(44)40-25-11-15-29-45(40)62)53(54(50)64-48)63-46-30-16-12-26-41(46)42-27-13-17-31-47(42)63/h1-34H. The Bertz CT molecular complexity index is 3800. The lowest BCUT2D eigenvalue weighted by Gasteiger charge is -2.25. The van der Waals surface area contributed by atoms with Crippen LogP contribution in [0.4, 0.5) is 4.39 Å². The van der Waals surface area contributed by atoms with E-state index >= 15 is 4.39 Å². The summed E-state index contributed by atoms with van der Waals surface area (Å²) in [5.41, 5.74) is 10.5. The van der Waals surface area contributed by atoms with Gasteiger partial charge in [0.1, 0.15) is 5.82 Å². The normalized spacial score (nSPS) is 11.8. The van der Waals surface area contributed by atoms with E-state index in [-0.39, 0.29) is 5.82 Å². The molecule has 13 aromatic rings. The van der Waals surface area contributed by atoms with Crippen LogP contribution < -0.4 is 0 Å². The van der Waals surface area contributed by atoms with Crippen LogP contribution in [0.5, 0.6) is 0 Å². The summed E-state index contributed by atoms with van der Waals surface area (Å²) in [6.45, 7) is 0. The van der Waals surface area contributed by atoms with Gasteiger partial charge in [-0.1, -0.05) is 164 Å². The van der Waals surface area contributed by atoms with Crippen LogP contribution >= 0.6 is 11.3 Å². The minimum absolute atomic E-state index is 0.296. The van der Waals surface area contributed by atoms with Crippen LogP contribution in [0.3, 0.4) is 0 Å². The second kappa shape index (κ2) is 14.4. The minimum atomic E-state index is -0.296. The smallest absolute Gasteiger partial charge is 0.166 e. The van der Waals surface area contributed by atoms with Gasteiger partial charge in [-0.2, -0.15) is 0 Å². The first-order valence-electron chi connectivity index (χ1n) is 21.3. The molecular weight excluding hydrogens is 806 g/mol. The highest BCUT2D eigenvalue weighted by atomic mass is 32.1. The summed E-state index contributed by atoms with van der Waals surface area (Å²) in [6.07, 6.45) is 0. The largest absolute Gasteiger partial charge is 0.306 e. The van der Waals surface area contributed by atoms with Crippen LogP contribution in [0.1, 0.15) is 0 Å². The summed E-state index contributed by atoms with van der Waals surface area (Å²) < 4.78 is 22.7. The predicted octanol–water partition coefficient (Wildman–Crippen LogP) is 15.2. The number of rotatable bonds is 6. The van der Waals surface area contributed by atoms with Crippen molar-refractivity contribution in [1.82, 2.24) is 24.1 Å². The van der Waals surface area contributed by atoms with Crippen LogP contribution in [-0.4, -0.2) is 24.1 Å². The summed E-state index contributed by atoms with van der Waals surface area (Å²) in [7, 11) is 0. The average Bonchev–Trinajstić information content (AvgIpc) is 4.02. The molecule has 5 nitrogen and oxygen atoms in total. The highest BCUT2D eigenvalue weighted by molar-refractivity contribution is 7.26. The molecule has 0 spiro atoms. The van der Waals surface area contributed by atoms with Gasteiger partial charge in [0, 0.05) is 53.7 Å². The van der Waals surface area contributed by atoms with E-state index in [0.29, 0.717) is 17.5 Å². The lowest BCUT2D eigenvalue weighted by atomic mass is 9.90. The fraction of sp³-hybridized carbons (Fsp3) is 0. The molecule has 9 aromatic carbocycles. The van der Waals surface area contributed by atoms with Crippen LogP contribution in [0.15, 0.2) is 206 Å². The monoisotopic (exact) mass is 839 g/mol. The zero-order valence-corrected chi connectivity index (χ0v) is 35.0. The third kappa shape index (κ3) is 5.51. The molecule has 0 amide bonds. The van der Waals surface area contributed by atoms with E-state index < -0.39 is 0 Å². The minimum Gasteiger partial charge on any atom is -0.306 e. The van der Waals surface area contributed by atoms with Gasteiger partial charge >= 0.3 is 0 Å². The molecule has 0 aliphatic rings. The Morgan fingerprint density at radius 1 is 0.359 bits per heavy atom. The van der Waals surface area contributed by atoms with E-state index in [0.717, 1.165) is 103 Å². The first-order valence-corrected chi connectivity index (χ1v) is 22.1. The molecule has 4 heterocycles. The maximum absolute atomic E-state index is 15.9. The van der Waals surface area contributed by atoms with Gasteiger partial charge in [-0.05, 0) is 48.0 Å². The molecule has 0 fully saturated rings. The SMILES string of the molecule is Fc1ccc2sc3c(-n4c5ccccc5c5ccccc54)c(-n4c5ccccc5c5ccccc54)c(-c4nc(-c5ccccc5)nc(-c5ccccc5)n4)c(-c4ccccc4)c3c2c1. The molecule has 0 saturated heterocycles. The van der Waals surface area contributed by atoms with Gasteiger partial charge in [-0.15, -0.1) is 11.3 Å². The topological polar surface area (TPSA) is 48.5 Å². The van der Waals surface area contributed by atoms with Gasteiger partial charge < -0.3 is 9.13 Å². The highest BCUT2D eigenvalue weighted by Crippen LogP contribution is 2.54. The fourth-order valence-corrected chi connectivity index (χ4v) is 11.0. The van der Waals surface area contributed by atoms with Gasteiger partial charge in [0.2, 0.25) is 0 Å². The molecule has 0 atom stereocenters. The van der Waals surface area contributed by atoms with Crippen molar-refractivity contribution in [2.24, 2.45) is 0 Å². The summed E-state index contributed by atoms with van der Waals surface area (Å²) >= 11 is 1.69. The molecule has 0 N–H and O–H groups in total. The van der Waals surface area contributed by atoms with Gasteiger partial charge in [-0.25, -0.2) is 19.3 Å². The lowest BCUT2D eigenvalue weighted by molar-refractivity contribution is 0.630. The molecule has 300 valence electrons. The number of fused-ring (bicyclic) bond motifs is 9. The van der Waals surface area contributed by atoms with E-state index in [1.54, 1.807) is 23.5 Å². The Morgan fingerprint density at radius 2 is 0.766 bits per heavy atom. The van der Waals surface area contributed by atoms with Crippen molar-refractivity contribution >= 4 is 75.1 Å². The highest BCUT2D eigenvalue weighted by Gasteiger charge is 2.32. The van der Waals surface area contributed by atoms with E-state index in [1.807, 2.05) is 72.8 Å². The zero-order valence-electron chi connectivity index (χ0n) is 34.2. The third-order valence-corrected chi connectivity index (χ3v) is 13.6. The number of benzene rings is 9. The number of halogens is 1. The molecule has 7 heteroatoms. The summed E-state index contributed by atoms with van der Waals surface area (Å²) in [5, 5.41) is 6.29. The number of aromatic nitrogens is 5. The number of hydrogen-bond acceptors (Lipinski definition) is 4. The molecular formula is C57H34FN5S. The average molecular weight is 840 g/mol. The molecule has 0 aliphatic carbocycles. The first kappa shape index (κ1) is 36.4. The summed E-state index contributed by atoms with van der Waals surface area (Å²) in [6, 6.07) is 70.4. The van der Waals surface area contributed by atoms with Crippen molar-refractivity contribution in [2.75, 3.05) is 0 Å². The molecule has 0 saturated carbocycles. The molecule has 4 aromatic heterocycles. The maximum atomic E-state index is 15.9. The second-order valence-electron chi connectivity index (χ2n) is 16.0. The Balaban J connectivity index is 1.36. The predicted molar refractivity (Wildman–Crippen MR) is 263 cm³/mol. The van der Waals surface area contributed by atoms with Crippen molar-refractivity contribution in [3.8, 4) is 56.7 Å². The van der Waals surface area contributed by atoms with Crippen LogP contribution in [-0.2, 0) is 0 Å². The first-order chi connectivity index (χ1) is 31.7. The van der Waals surface area contributed by atoms with E-state index in [4.69, 9.17) is 15.0 Å². The fourth-order valence-electron chi connectivity index (χ4n) is 9.74. The molecule has 0 unspecified atom stereocenters. The Hall–Kier alpha value is -8.26. The summed E-state index contributed by atoms with van der Waals surface area (Å²) in [5.74, 6) is 1.31. The summed E-state index contributed by atoms with van der Waals surface area (Å²) in [4.78, 5) is 16.3. The lowest BCUT2D eigenvalue weighted by Crippen LogP contribution is -2.10. The molecule has 0 aliphatic heterocycles.